The molecule has 2 heterocycles. The molecule has 4 rings (SSSR count). The van der Waals surface area contributed by atoms with Gasteiger partial charge < -0.3 is 16.0 Å². The van der Waals surface area contributed by atoms with E-state index in [0.29, 0.717) is 5.69 Å². The Balaban J connectivity index is 1.65. The Morgan fingerprint density at radius 2 is 1.88 bits per heavy atom. The van der Waals surface area contributed by atoms with Gasteiger partial charge in [0.2, 0.25) is 17.8 Å². The van der Waals surface area contributed by atoms with E-state index >= 15 is 0 Å². The van der Waals surface area contributed by atoms with E-state index in [9.17, 15) is 24.5 Å². The first kappa shape index (κ1) is 20.7. The molecular formula is C21H18N6O5. The average Bonchev–Trinajstić information content (AvgIpc) is 2.74. The Hall–Kier alpha value is -4.54. The molecule has 1 aliphatic rings. The number of hydrogen-bond donors (Lipinski definition) is 4. The van der Waals surface area contributed by atoms with Crippen LogP contribution in [0.1, 0.15) is 23.5 Å². The fourth-order valence-electron chi connectivity index (χ4n) is 3.39. The highest BCUT2D eigenvalue weighted by molar-refractivity contribution is 6.05. The zero-order valence-corrected chi connectivity index (χ0v) is 16.8. The van der Waals surface area contributed by atoms with E-state index in [4.69, 9.17) is 0 Å². The maximum absolute atomic E-state index is 12.9. The molecule has 0 unspecified atom stereocenters. The fraction of sp³-hybridized carbons (Fsp3) is 0.143. The molecule has 1 atom stereocenters. The summed E-state index contributed by atoms with van der Waals surface area (Å²) in [6, 6.07) is 13.0. The fourth-order valence-corrected chi connectivity index (χ4v) is 3.39. The van der Waals surface area contributed by atoms with Gasteiger partial charge in [-0.3, -0.25) is 29.5 Å². The first-order valence-electron chi connectivity index (χ1n) is 9.64. The van der Waals surface area contributed by atoms with Gasteiger partial charge in [0.25, 0.3) is 11.2 Å². The molecule has 0 spiro atoms. The number of aryl methyl sites for hydroxylation is 1. The molecule has 2 aromatic carbocycles. The lowest BCUT2D eigenvalue weighted by Gasteiger charge is -2.23. The third kappa shape index (κ3) is 4.17. The van der Waals surface area contributed by atoms with Crippen molar-refractivity contribution in [2.75, 3.05) is 16.0 Å². The van der Waals surface area contributed by atoms with Crippen molar-refractivity contribution in [1.82, 2.24) is 9.97 Å². The van der Waals surface area contributed by atoms with Crippen LogP contribution in [0, 0.1) is 17.0 Å². The van der Waals surface area contributed by atoms with Crippen LogP contribution in [0.5, 0.6) is 0 Å². The Morgan fingerprint density at radius 3 is 2.59 bits per heavy atom. The van der Waals surface area contributed by atoms with Gasteiger partial charge in [-0.15, -0.1) is 0 Å². The predicted octanol–water partition coefficient (Wildman–Crippen LogP) is 2.79. The summed E-state index contributed by atoms with van der Waals surface area (Å²) in [5.74, 6) is -2.33. The van der Waals surface area contributed by atoms with E-state index in [1.807, 2.05) is 19.1 Å². The van der Waals surface area contributed by atoms with Crippen LogP contribution in [-0.2, 0) is 9.59 Å². The molecule has 2 amide bonds. The van der Waals surface area contributed by atoms with Crippen LogP contribution < -0.4 is 21.5 Å². The van der Waals surface area contributed by atoms with Crippen molar-refractivity contribution in [1.29, 1.82) is 0 Å². The first-order valence-corrected chi connectivity index (χ1v) is 9.64. The third-order valence-electron chi connectivity index (χ3n) is 4.94. The number of H-pyrrole nitrogens is 1. The maximum atomic E-state index is 12.9. The average molecular weight is 434 g/mol. The van der Waals surface area contributed by atoms with Gasteiger partial charge in [0.15, 0.2) is 0 Å². The number of carbonyl (C=O) groups excluding carboxylic acids is 2. The van der Waals surface area contributed by atoms with Gasteiger partial charge in [0, 0.05) is 18.2 Å². The number of nitro benzene ring substituents is 1. The predicted molar refractivity (Wildman–Crippen MR) is 117 cm³/mol. The normalized spacial score (nSPS) is 14.8. The van der Waals surface area contributed by atoms with Gasteiger partial charge in [-0.25, -0.2) is 0 Å². The number of para-hydroxylation sites is 2. The zero-order chi connectivity index (χ0) is 22.8. The van der Waals surface area contributed by atoms with Gasteiger partial charge in [0.05, 0.1) is 16.4 Å². The van der Waals surface area contributed by atoms with E-state index in [0.717, 1.165) is 5.56 Å². The lowest BCUT2D eigenvalue weighted by atomic mass is 9.92. The summed E-state index contributed by atoms with van der Waals surface area (Å²) >= 11 is 0. The lowest BCUT2D eigenvalue weighted by Crippen LogP contribution is -2.36. The Bertz CT molecular complexity index is 1280. The summed E-state index contributed by atoms with van der Waals surface area (Å²) in [5.41, 5.74) is 0.777. The summed E-state index contributed by atoms with van der Waals surface area (Å²) in [4.78, 5) is 55.3. The second kappa shape index (κ2) is 8.30. The summed E-state index contributed by atoms with van der Waals surface area (Å²) in [5, 5.41) is 19.1. The third-order valence-corrected chi connectivity index (χ3v) is 4.94. The van der Waals surface area contributed by atoms with Crippen LogP contribution in [0.25, 0.3) is 0 Å². The molecule has 11 nitrogen and oxygen atoms in total. The second-order valence-corrected chi connectivity index (χ2v) is 7.24. The van der Waals surface area contributed by atoms with Gasteiger partial charge in [-0.1, -0.05) is 29.8 Å². The van der Waals surface area contributed by atoms with Crippen LogP contribution in [-0.4, -0.2) is 26.7 Å². The number of fused-ring (bicyclic) bond motifs is 1. The summed E-state index contributed by atoms with van der Waals surface area (Å²) in [7, 11) is 0. The molecule has 0 bridgehead atoms. The highest BCUT2D eigenvalue weighted by atomic mass is 16.6. The standard InChI is InChI=1S/C21H18N6O5/c1-11-6-8-12(9-7-11)22-21-25-18-17(20(30)26-21)13(10-16(28)24-18)19(29)23-14-4-2-3-5-15(14)27(31)32/h2-9,13H,10H2,1H3,(H,23,29)(H3,22,24,25,26,28,30)/t13-/m1/s1. The van der Waals surface area contributed by atoms with Gasteiger partial charge in [-0.05, 0) is 25.1 Å². The van der Waals surface area contributed by atoms with Crippen LogP contribution in [0.4, 0.5) is 28.8 Å². The van der Waals surface area contributed by atoms with Crippen LogP contribution >= 0.6 is 0 Å². The molecule has 162 valence electrons. The van der Waals surface area contributed by atoms with Gasteiger partial charge in [0.1, 0.15) is 11.5 Å². The molecule has 11 heteroatoms. The molecule has 1 aromatic heterocycles. The van der Waals surface area contributed by atoms with E-state index < -0.39 is 28.2 Å². The quantitative estimate of drug-likeness (QED) is 0.355. The molecule has 32 heavy (non-hydrogen) atoms. The topological polar surface area (TPSA) is 159 Å². The van der Waals surface area contributed by atoms with Crippen molar-refractivity contribution in [2.24, 2.45) is 0 Å². The molecule has 3 aromatic rings. The molecule has 0 fully saturated rings. The number of anilines is 4. The minimum Gasteiger partial charge on any atom is -0.326 e. The zero-order valence-electron chi connectivity index (χ0n) is 16.8. The number of nitrogens with one attached hydrogen (secondary N) is 4. The molecule has 1 aliphatic heterocycles. The molecule has 0 aliphatic carbocycles. The van der Waals surface area contributed by atoms with Crippen molar-refractivity contribution < 1.29 is 14.5 Å². The van der Waals surface area contributed by atoms with Crippen LogP contribution in [0.3, 0.4) is 0 Å². The number of rotatable bonds is 5. The SMILES string of the molecule is Cc1ccc(Nc2nc3c(c(=O)[nH]2)[C@H](C(=O)Nc2ccccc2[N+](=O)[O-])CC(=O)N3)cc1. The summed E-state index contributed by atoms with van der Waals surface area (Å²) in [6.07, 6.45) is -0.297. The monoisotopic (exact) mass is 434 g/mol. The number of aromatic nitrogens is 2. The van der Waals surface area contributed by atoms with E-state index in [-0.39, 0.29) is 35.1 Å². The molecule has 0 saturated heterocycles. The number of nitrogens with zero attached hydrogens (tertiary/aromatic N) is 2. The van der Waals surface area contributed by atoms with Crippen molar-refractivity contribution in [3.05, 3.63) is 80.1 Å². The van der Waals surface area contributed by atoms with E-state index in [1.54, 1.807) is 12.1 Å². The highest BCUT2D eigenvalue weighted by Crippen LogP contribution is 2.31. The summed E-state index contributed by atoms with van der Waals surface area (Å²) in [6.45, 7) is 1.94. The Morgan fingerprint density at radius 1 is 1.16 bits per heavy atom. The van der Waals surface area contributed by atoms with Crippen molar-refractivity contribution in [3.63, 3.8) is 0 Å². The largest absolute Gasteiger partial charge is 0.326 e. The number of amides is 2. The minimum atomic E-state index is -1.16. The minimum absolute atomic E-state index is 0.0184. The highest BCUT2D eigenvalue weighted by Gasteiger charge is 2.35. The number of benzene rings is 2. The number of aromatic amines is 1. The molecule has 4 N–H and O–H groups in total. The van der Waals surface area contributed by atoms with Gasteiger partial charge >= 0.3 is 0 Å². The van der Waals surface area contributed by atoms with Crippen molar-refractivity contribution in [2.45, 2.75) is 19.3 Å². The maximum Gasteiger partial charge on any atom is 0.292 e. The Labute approximate surface area is 181 Å². The Kier molecular flexibility index (Phi) is 5.37. The van der Waals surface area contributed by atoms with Crippen LogP contribution in [0.2, 0.25) is 0 Å². The number of carbonyl (C=O) groups is 2. The number of hydrogen-bond acceptors (Lipinski definition) is 7. The molecule has 0 radical (unpaired) electrons. The van der Waals surface area contributed by atoms with Crippen LogP contribution in [0.15, 0.2) is 53.3 Å². The van der Waals surface area contributed by atoms with E-state index in [2.05, 4.69) is 25.9 Å². The van der Waals surface area contributed by atoms with Crippen molar-refractivity contribution in [3.8, 4) is 0 Å². The molecule has 0 saturated carbocycles. The number of nitro groups is 1. The lowest BCUT2D eigenvalue weighted by molar-refractivity contribution is -0.383. The van der Waals surface area contributed by atoms with Crippen molar-refractivity contribution >= 4 is 40.6 Å². The molecular weight excluding hydrogens is 416 g/mol. The van der Waals surface area contributed by atoms with Gasteiger partial charge in [-0.2, -0.15) is 4.98 Å². The van der Waals surface area contributed by atoms with E-state index in [1.165, 1.54) is 24.3 Å². The first-order chi connectivity index (χ1) is 15.3. The summed E-state index contributed by atoms with van der Waals surface area (Å²) < 4.78 is 0. The smallest absolute Gasteiger partial charge is 0.292 e. The second-order valence-electron chi connectivity index (χ2n) is 7.24.